The average molecular weight is 627 g/mol. The summed E-state index contributed by atoms with van der Waals surface area (Å²) in [6.45, 7) is 0. The van der Waals surface area contributed by atoms with Crippen molar-refractivity contribution in [1.29, 1.82) is 0 Å². The van der Waals surface area contributed by atoms with Gasteiger partial charge in [0, 0.05) is 51.2 Å². The van der Waals surface area contributed by atoms with Crippen molar-refractivity contribution in [2.45, 2.75) is 6.42 Å². The number of benzene rings is 6. The first-order valence-electron chi connectivity index (χ1n) is 16.7. The highest BCUT2D eigenvalue weighted by atomic mass is 15.1. The van der Waals surface area contributed by atoms with Gasteiger partial charge in [-0.25, -0.2) is 4.98 Å². The van der Waals surface area contributed by atoms with Crippen molar-refractivity contribution in [2.24, 2.45) is 0 Å². The van der Waals surface area contributed by atoms with Crippen molar-refractivity contribution in [1.82, 2.24) is 14.5 Å². The summed E-state index contributed by atoms with van der Waals surface area (Å²) in [4.78, 5) is 12.0. The predicted octanol–water partition coefficient (Wildman–Crippen LogP) is 11.4. The number of pyridine rings is 2. The van der Waals surface area contributed by atoms with Gasteiger partial charge in [-0.1, -0.05) is 97.1 Å². The van der Waals surface area contributed by atoms with Crippen molar-refractivity contribution in [3.8, 4) is 28.2 Å². The number of hydrogen-bond acceptors (Lipinski definition) is 3. The largest absolute Gasteiger partial charge is 0.310 e. The van der Waals surface area contributed by atoms with E-state index in [-0.39, 0.29) is 0 Å². The summed E-state index contributed by atoms with van der Waals surface area (Å²) in [5.41, 5.74) is 13.0. The Labute approximate surface area is 284 Å². The average Bonchev–Trinajstić information content (AvgIpc) is 3.71. The third kappa shape index (κ3) is 4.45. The Hall–Kier alpha value is -6.52. The molecule has 0 unspecified atom stereocenters. The van der Waals surface area contributed by atoms with Gasteiger partial charge in [0.15, 0.2) is 0 Å². The molecule has 6 aromatic carbocycles. The summed E-state index contributed by atoms with van der Waals surface area (Å²) >= 11 is 0. The van der Waals surface area contributed by atoms with Gasteiger partial charge in [0.2, 0.25) is 0 Å². The van der Waals surface area contributed by atoms with Crippen LogP contribution in [0.15, 0.2) is 170 Å². The summed E-state index contributed by atoms with van der Waals surface area (Å²) in [6.07, 6.45) is 4.80. The van der Waals surface area contributed by atoms with E-state index >= 15 is 0 Å². The quantitative estimate of drug-likeness (QED) is 0.191. The van der Waals surface area contributed by atoms with E-state index in [0.29, 0.717) is 0 Å². The molecule has 49 heavy (non-hydrogen) atoms. The Morgan fingerprint density at radius 3 is 2.22 bits per heavy atom. The molecule has 0 radical (unpaired) electrons. The van der Waals surface area contributed by atoms with Crippen LogP contribution in [0.2, 0.25) is 0 Å². The number of fused-ring (bicyclic) bond motifs is 8. The van der Waals surface area contributed by atoms with Crippen LogP contribution in [0.1, 0.15) is 11.1 Å². The van der Waals surface area contributed by atoms with Gasteiger partial charge in [-0.05, 0) is 94.7 Å². The Kier molecular flexibility index (Phi) is 6.21. The molecule has 10 rings (SSSR count). The molecule has 9 aromatic rings. The molecule has 3 heterocycles. The summed E-state index contributed by atoms with van der Waals surface area (Å²) < 4.78 is 2.33. The first-order chi connectivity index (χ1) is 24.3. The lowest BCUT2D eigenvalue weighted by Crippen LogP contribution is -2.10. The smallest absolute Gasteiger partial charge is 0.137 e. The molecular formula is C45H30N4. The first-order valence-corrected chi connectivity index (χ1v) is 16.7. The molecule has 0 atom stereocenters. The third-order valence-corrected chi connectivity index (χ3v) is 9.85. The maximum Gasteiger partial charge on any atom is 0.137 e. The molecule has 1 aliphatic rings. The summed E-state index contributed by atoms with van der Waals surface area (Å²) in [5.74, 6) is 0.904. The topological polar surface area (TPSA) is 34.0 Å². The molecule has 0 spiro atoms. The van der Waals surface area contributed by atoms with E-state index in [1.54, 1.807) is 0 Å². The highest BCUT2D eigenvalue weighted by Crippen LogP contribution is 2.47. The zero-order valence-electron chi connectivity index (χ0n) is 26.7. The highest BCUT2D eigenvalue weighted by molar-refractivity contribution is 6.18. The molecule has 1 aliphatic carbocycles. The number of aromatic nitrogens is 3. The van der Waals surface area contributed by atoms with Gasteiger partial charge in [0.25, 0.3) is 0 Å². The van der Waals surface area contributed by atoms with Crippen LogP contribution >= 0.6 is 0 Å². The van der Waals surface area contributed by atoms with Crippen LogP contribution in [-0.2, 0) is 6.42 Å². The highest BCUT2D eigenvalue weighted by Gasteiger charge is 2.25. The fraction of sp³-hybridized carbons (Fsp3) is 0.0222. The van der Waals surface area contributed by atoms with Crippen LogP contribution in [0, 0.1) is 0 Å². The molecule has 0 aliphatic heterocycles. The molecule has 0 saturated heterocycles. The van der Waals surface area contributed by atoms with Gasteiger partial charge in [-0.3, -0.25) is 9.55 Å². The first kappa shape index (κ1) is 27.6. The molecular weight excluding hydrogens is 597 g/mol. The van der Waals surface area contributed by atoms with Crippen LogP contribution in [0.3, 0.4) is 0 Å². The van der Waals surface area contributed by atoms with E-state index in [4.69, 9.17) is 9.97 Å². The summed E-state index contributed by atoms with van der Waals surface area (Å²) in [7, 11) is 0. The Morgan fingerprint density at radius 1 is 0.531 bits per heavy atom. The van der Waals surface area contributed by atoms with E-state index < -0.39 is 0 Å². The molecule has 0 saturated carbocycles. The van der Waals surface area contributed by atoms with Crippen LogP contribution < -0.4 is 4.90 Å². The minimum atomic E-state index is 0.904. The second-order valence-corrected chi connectivity index (χ2v) is 12.7. The van der Waals surface area contributed by atoms with Crippen LogP contribution in [0.4, 0.5) is 17.1 Å². The number of nitrogens with zero attached hydrogens (tertiary/aromatic N) is 4. The van der Waals surface area contributed by atoms with Crippen LogP contribution in [0.25, 0.3) is 60.8 Å². The maximum atomic E-state index is 4.86. The zero-order valence-corrected chi connectivity index (χ0v) is 26.7. The standard InChI is InChI=1S/C45H30N4/c1-2-15-35(16-3-1)48(36-17-10-14-32(26-36)40-27-30-11-4-5-13-34(30)29-47-40)37-21-22-39-42(28-37)49(43-19-8-9-24-46-43)41-23-20-33-25-31-12-6-7-18-38(31)44(33)45(39)41/h1-24,26-29H,25H2. The van der Waals surface area contributed by atoms with Gasteiger partial charge in [-0.2, -0.15) is 0 Å². The molecule has 0 fully saturated rings. The molecule has 3 aromatic heterocycles. The molecule has 0 N–H and O–H groups in total. The SMILES string of the molecule is c1ccc(N(c2cccc(-c3cc4ccccc4cn3)c2)c2ccc3c4c5c(ccc4n(-c4ccccn4)c3c2)Cc2ccccc2-5)cc1. The fourth-order valence-electron chi connectivity index (χ4n) is 7.66. The van der Waals surface area contributed by atoms with E-state index in [1.807, 2.05) is 18.5 Å². The maximum absolute atomic E-state index is 4.86. The molecule has 230 valence electrons. The third-order valence-electron chi connectivity index (χ3n) is 9.85. The lowest BCUT2D eigenvalue weighted by atomic mass is 9.99. The number of rotatable bonds is 5. The van der Waals surface area contributed by atoms with Gasteiger partial charge in [0.05, 0.1) is 16.7 Å². The van der Waals surface area contributed by atoms with E-state index in [0.717, 1.165) is 57.0 Å². The van der Waals surface area contributed by atoms with Crippen molar-refractivity contribution < 1.29 is 0 Å². The van der Waals surface area contributed by atoms with E-state index in [1.165, 1.54) is 38.4 Å². The van der Waals surface area contributed by atoms with Crippen molar-refractivity contribution in [2.75, 3.05) is 4.90 Å². The minimum Gasteiger partial charge on any atom is -0.310 e. The Bertz CT molecular complexity index is 2690. The molecule has 0 bridgehead atoms. The number of anilines is 3. The number of para-hydroxylation sites is 1. The zero-order chi connectivity index (χ0) is 32.3. The van der Waals surface area contributed by atoms with Gasteiger partial charge < -0.3 is 4.90 Å². The minimum absolute atomic E-state index is 0.904. The van der Waals surface area contributed by atoms with Gasteiger partial charge in [0.1, 0.15) is 5.82 Å². The van der Waals surface area contributed by atoms with Crippen LogP contribution in [-0.4, -0.2) is 14.5 Å². The Morgan fingerprint density at radius 2 is 1.33 bits per heavy atom. The van der Waals surface area contributed by atoms with E-state index in [2.05, 4.69) is 161 Å². The van der Waals surface area contributed by atoms with Crippen molar-refractivity contribution >= 4 is 49.6 Å². The van der Waals surface area contributed by atoms with Gasteiger partial charge in [-0.15, -0.1) is 0 Å². The molecule has 0 amide bonds. The van der Waals surface area contributed by atoms with Crippen molar-refractivity contribution in [3.05, 3.63) is 181 Å². The lowest BCUT2D eigenvalue weighted by molar-refractivity contribution is 1.08. The second kappa shape index (κ2) is 11.0. The van der Waals surface area contributed by atoms with E-state index in [9.17, 15) is 0 Å². The number of hydrogen-bond donors (Lipinski definition) is 0. The summed E-state index contributed by atoms with van der Waals surface area (Å²) in [5, 5.41) is 4.82. The van der Waals surface area contributed by atoms with Gasteiger partial charge >= 0.3 is 0 Å². The molecule has 4 nitrogen and oxygen atoms in total. The predicted molar refractivity (Wildman–Crippen MR) is 202 cm³/mol. The fourth-order valence-corrected chi connectivity index (χ4v) is 7.66. The Balaban J connectivity index is 1.20. The lowest BCUT2D eigenvalue weighted by Gasteiger charge is -2.26. The monoisotopic (exact) mass is 626 g/mol. The normalized spacial score (nSPS) is 12.0. The second-order valence-electron chi connectivity index (χ2n) is 12.7. The molecule has 4 heteroatoms. The van der Waals surface area contributed by atoms with Crippen molar-refractivity contribution in [3.63, 3.8) is 0 Å². The van der Waals surface area contributed by atoms with Crippen LogP contribution in [0.5, 0.6) is 0 Å². The summed E-state index contributed by atoms with van der Waals surface area (Å²) in [6, 6.07) is 56.3.